The number of hydrogen-bond donors (Lipinski definition) is 0. The van der Waals surface area contributed by atoms with Crippen LogP contribution in [0.3, 0.4) is 0 Å². The number of carbonyl (C=O) groups is 2. The molecular formula is C20H18N2O3. The van der Waals surface area contributed by atoms with Crippen LogP contribution in [0.4, 0.5) is 0 Å². The van der Waals surface area contributed by atoms with Gasteiger partial charge in [0.05, 0.1) is 11.6 Å². The first-order valence-electron chi connectivity index (χ1n) is 7.65. The van der Waals surface area contributed by atoms with Crippen LogP contribution in [0, 0.1) is 11.3 Å². The number of benzene rings is 2. The number of rotatable bonds is 6. The summed E-state index contributed by atoms with van der Waals surface area (Å²) in [6, 6.07) is 15.7. The maximum absolute atomic E-state index is 12.3. The average Bonchev–Trinajstić information content (AvgIpc) is 2.64. The van der Waals surface area contributed by atoms with Crippen LogP contribution in [0.1, 0.15) is 21.5 Å². The van der Waals surface area contributed by atoms with Crippen molar-refractivity contribution in [2.45, 2.75) is 0 Å². The molecule has 0 radical (unpaired) electrons. The summed E-state index contributed by atoms with van der Waals surface area (Å²) in [6.45, 7) is -0.0777. The standard InChI is InChI=1S/C20H18N2O3/c1-22(2)20(24)14-25-18-5-3-4-17(12-18)19(23)11-10-15-6-8-16(13-21)9-7-15/h3-12H,14H2,1-2H3. The molecule has 2 aromatic rings. The molecule has 0 atom stereocenters. The largest absolute Gasteiger partial charge is 0.484 e. The topological polar surface area (TPSA) is 70.4 Å². The smallest absolute Gasteiger partial charge is 0.259 e. The van der Waals surface area contributed by atoms with E-state index < -0.39 is 0 Å². The van der Waals surface area contributed by atoms with E-state index in [1.165, 1.54) is 11.0 Å². The monoisotopic (exact) mass is 334 g/mol. The van der Waals surface area contributed by atoms with Crippen molar-refractivity contribution in [3.8, 4) is 11.8 Å². The molecule has 0 spiro atoms. The van der Waals surface area contributed by atoms with Gasteiger partial charge in [0.1, 0.15) is 5.75 Å². The van der Waals surface area contributed by atoms with Crippen molar-refractivity contribution < 1.29 is 14.3 Å². The molecule has 0 fully saturated rings. The summed E-state index contributed by atoms with van der Waals surface area (Å²) in [5.74, 6) is 0.138. The Morgan fingerprint density at radius 2 is 1.88 bits per heavy atom. The lowest BCUT2D eigenvalue weighted by atomic mass is 10.1. The van der Waals surface area contributed by atoms with E-state index in [9.17, 15) is 9.59 Å². The molecule has 2 rings (SSSR count). The third-order valence-electron chi connectivity index (χ3n) is 3.45. The predicted molar refractivity (Wildman–Crippen MR) is 95.2 cm³/mol. The highest BCUT2D eigenvalue weighted by atomic mass is 16.5. The second-order valence-corrected chi connectivity index (χ2v) is 5.54. The number of hydrogen-bond acceptors (Lipinski definition) is 4. The molecule has 25 heavy (non-hydrogen) atoms. The summed E-state index contributed by atoms with van der Waals surface area (Å²) in [5.41, 5.74) is 1.87. The highest BCUT2D eigenvalue weighted by Gasteiger charge is 2.07. The summed E-state index contributed by atoms with van der Waals surface area (Å²) < 4.78 is 5.41. The molecule has 0 aliphatic carbocycles. The molecule has 1 amide bonds. The van der Waals surface area contributed by atoms with Crippen LogP contribution in [0.2, 0.25) is 0 Å². The Bertz CT molecular complexity index is 831. The minimum absolute atomic E-state index is 0.0777. The molecule has 0 saturated heterocycles. The van der Waals surface area contributed by atoms with Gasteiger partial charge in [0.2, 0.25) is 0 Å². The zero-order valence-corrected chi connectivity index (χ0v) is 14.1. The quantitative estimate of drug-likeness (QED) is 0.601. The molecule has 126 valence electrons. The molecule has 0 aliphatic heterocycles. The van der Waals surface area contributed by atoms with E-state index in [1.54, 1.807) is 68.7 Å². The molecule has 0 unspecified atom stereocenters. The average molecular weight is 334 g/mol. The number of carbonyl (C=O) groups excluding carboxylic acids is 2. The van der Waals surface area contributed by atoms with Crippen molar-refractivity contribution in [2.24, 2.45) is 0 Å². The van der Waals surface area contributed by atoms with Crippen LogP contribution >= 0.6 is 0 Å². The molecular weight excluding hydrogens is 316 g/mol. The molecule has 5 heteroatoms. The molecule has 0 bridgehead atoms. The molecule has 2 aromatic carbocycles. The Morgan fingerprint density at radius 1 is 1.16 bits per heavy atom. The van der Waals surface area contributed by atoms with Crippen molar-refractivity contribution in [3.63, 3.8) is 0 Å². The zero-order valence-electron chi connectivity index (χ0n) is 14.1. The van der Waals surface area contributed by atoms with Crippen LogP contribution in [-0.2, 0) is 4.79 Å². The van der Waals surface area contributed by atoms with E-state index in [-0.39, 0.29) is 18.3 Å². The summed E-state index contributed by atoms with van der Waals surface area (Å²) in [7, 11) is 3.30. The first-order chi connectivity index (χ1) is 12.0. The first-order valence-corrected chi connectivity index (χ1v) is 7.65. The number of amides is 1. The lowest BCUT2D eigenvalue weighted by Crippen LogP contribution is -2.27. The third kappa shape index (κ3) is 5.33. The number of nitriles is 1. The van der Waals surface area contributed by atoms with Crippen molar-refractivity contribution in [1.29, 1.82) is 5.26 Å². The predicted octanol–water partition coefficient (Wildman–Crippen LogP) is 2.92. The SMILES string of the molecule is CN(C)C(=O)COc1cccc(C(=O)C=Cc2ccc(C#N)cc2)c1. The number of ketones is 1. The molecule has 0 aromatic heterocycles. The Balaban J connectivity index is 2.03. The van der Waals surface area contributed by atoms with E-state index in [4.69, 9.17) is 10.00 Å². The maximum Gasteiger partial charge on any atom is 0.259 e. The van der Waals surface area contributed by atoms with Crippen molar-refractivity contribution in [1.82, 2.24) is 4.90 Å². The highest BCUT2D eigenvalue weighted by Crippen LogP contribution is 2.15. The van der Waals surface area contributed by atoms with Crippen molar-refractivity contribution in [2.75, 3.05) is 20.7 Å². The van der Waals surface area contributed by atoms with E-state index in [0.717, 1.165) is 5.56 Å². The number of allylic oxidation sites excluding steroid dienone is 1. The van der Waals surface area contributed by atoms with Gasteiger partial charge >= 0.3 is 0 Å². The lowest BCUT2D eigenvalue weighted by molar-refractivity contribution is -0.130. The van der Waals surface area contributed by atoms with Gasteiger partial charge in [-0.15, -0.1) is 0 Å². The minimum atomic E-state index is -0.172. The van der Waals surface area contributed by atoms with E-state index in [1.807, 2.05) is 6.07 Å². The van der Waals surface area contributed by atoms with Crippen molar-refractivity contribution >= 4 is 17.8 Å². The second kappa shape index (κ2) is 8.46. The van der Waals surface area contributed by atoms with E-state index in [2.05, 4.69) is 0 Å². The Kier molecular flexibility index (Phi) is 6.08. The van der Waals surface area contributed by atoms with Gasteiger partial charge in [-0.25, -0.2) is 0 Å². The first kappa shape index (κ1) is 18.0. The van der Waals surface area contributed by atoms with E-state index in [0.29, 0.717) is 16.9 Å². The Hall–Kier alpha value is -3.39. The van der Waals surface area contributed by atoms with Gasteiger partial charge in [-0.05, 0) is 35.9 Å². The minimum Gasteiger partial charge on any atom is -0.484 e. The van der Waals surface area contributed by atoms with Gasteiger partial charge in [0, 0.05) is 19.7 Å². The van der Waals surface area contributed by atoms with Gasteiger partial charge in [-0.2, -0.15) is 5.26 Å². The van der Waals surface area contributed by atoms with Gasteiger partial charge in [-0.1, -0.05) is 30.3 Å². The third-order valence-corrected chi connectivity index (χ3v) is 3.45. The second-order valence-electron chi connectivity index (χ2n) is 5.54. The molecule has 0 saturated carbocycles. The highest BCUT2D eigenvalue weighted by molar-refractivity contribution is 6.07. The summed E-state index contributed by atoms with van der Waals surface area (Å²) >= 11 is 0. The maximum atomic E-state index is 12.3. The van der Waals surface area contributed by atoms with Crippen LogP contribution in [0.15, 0.2) is 54.6 Å². The summed E-state index contributed by atoms with van der Waals surface area (Å²) in [5, 5.41) is 8.77. The van der Waals surface area contributed by atoms with Gasteiger partial charge < -0.3 is 9.64 Å². The van der Waals surface area contributed by atoms with Crippen molar-refractivity contribution in [3.05, 3.63) is 71.3 Å². The van der Waals surface area contributed by atoms with Crippen LogP contribution in [0.25, 0.3) is 6.08 Å². The van der Waals surface area contributed by atoms with Crippen LogP contribution in [0.5, 0.6) is 5.75 Å². The fraction of sp³-hybridized carbons (Fsp3) is 0.150. The van der Waals surface area contributed by atoms with Gasteiger partial charge in [-0.3, -0.25) is 9.59 Å². The number of likely N-dealkylation sites (N-methyl/N-ethyl adjacent to an activating group) is 1. The lowest BCUT2D eigenvalue weighted by Gasteiger charge is -2.11. The van der Waals surface area contributed by atoms with E-state index >= 15 is 0 Å². The number of nitrogens with zero attached hydrogens (tertiary/aromatic N) is 2. The summed E-state index contributed by atoms with van der Waals surface area (Å²) in [4.78, 5) is 25.3. The normalized spacial score (nSPS) is 10.3. The molecule has 0 aliphatic rings. The Labute approximate surface area is 146 Å². The van der Waals surface area contributed by atoms with Gasteiger partial charge in [0.25, 0.3) is 5.91 Å². The van der Waals surface area contributed by atoms with Gasteiger partial charge in [0.15, 0.2) is 12.4 Å². The Morgan fingerprint density at radius 3 is 2.52 bits per heavy atom. The zero-order chi connectivity index (χ0) is 18.2. The van der Waals surface area contributed by atoms with Crippen LogP contribution in [-0.4, -0.2) is 37.3 Å². The number of ether oxygens (including phenoxy) is 1. The molecule has 0 heterocycles. The molecule has 5 nitrogen and oxygen atoms in total. The summed E-state index contributed by atoms with van der Waals surface area (Å²) in [6.07, 6.45) is 3.15. The molecule has 0 N–H and O–H groups in total. The fourth-order valence-corrected chi connectivity index (χ4v) is 1.95. The fourth-order valence-electron chi connectivity index (χ4n) is 1.95. The van der Waals surface area contributed by atoms with Crippen LogP contribution < -0.4 is 4.74 Å².